The number of aromatic nitrogens is 2. The molecular formula is C56H61N5O4. The fraction of sp³-hybridized carbons (Fsp3) is 0.232. The summed E-state index contributed by atoms with van der Waals surface area (Å²) in [6, 6.07) is 29.7. The van der Waals surface area contributed by atoms with Crippen LogP contribution in [0.4, 0.5) is 5.69 Å². The lowest BCUT2D eigenvalue weighted by Gasteiger charge is -2.16. The molecule has 6 aromatic rings. The fourth-order valence-electron chi connectivity index (χ4n) is 8.79. The van der Waals surface area contributed by atoms with Crippen LogP contribution in [-0.2, 0) is 0 Å². The molecule has 9 heteroatoms. The van der Waals surface area contributed by atoms with E-state index in [1.54, 1.807) is 28.4 Å². The Morgan fingerprint density at radius 2 is 1.11 bits per heavy atom. The number of hydrogen-bond donors (Lipinski definition) is 4. The second-order valence-electron chi connectivity index (χ2n) is 16.1. The molecule has 0 spiro atoms. The van der Waals surface area contributed by atoms with Gasteiger partial charge in [0, 0.05) is 57.2 Å². The Bertz CT molecular complexity index is 3040. The van der Waals surface area contributed by atoms with Gasteiger partial charge < -0.3 is 40.0 Å². The van der Waals surface area contributed by atoms with E-state index in [9.17, 15) is 0 Å². The Morgan fingerprint density at radius 3 is 1.71 bits per heavy atom. The van der Waals surface area contributed by atoms with Gasteiger partial charge in [-0.1, -0.05) is 44.2 Å². The van der Waals surface area contributed by atoms with Crippen LogP contribution in [0.15, 0.2) is 126 Å². The highest BCUT2D eigenvalue weighted by atomic mass is 16.5. The van der Waals surface area contributed by atoms with Gasteiger partial charge in [-0.3, -0.25) is 0 Å². The summed E-state index contributed by atoms with van der Waals surface area (Å²) in [4.78, 5) is 13.1. The van der Waals surface area contributed by atoms with E-state index in [2.05, 4.69) is 127 Å². The summed E-state index contributed by atoms with van der Waals surface area (Å²) >= 11 is 0. The number of hydrogen-bond acceptors (Lipinski definition) is 7. The predicted octanol–water partition coefficient (Wildman–Crippen LogP) is 10.5. The standard InChI is InChI=1S/C54H55N5O4.C2H6/c1-30-24-37(25-31(2)34(30)5)50-41(55)13-11-12-40(36-26-32(3)53(62-9)48(28-36)60-7)42-18-19-44(57-42)51(35-14-16-39(56-6)17-15-35)45-22-23-47(59-45)52(46-21-20-43(50)58-46)38-27-33(4)54(63-10)49(29-38)61-8;1-2/h11,13-29,56-58H,12,55H2,1-10H3;1-2H3/b13-11-,42-40+,50-41-,51-44-,52-47-;. The monoisotopic (exact) mass is 867 g/mol. The summed E-state index contributed by atoms with van der Waals surface area (Å²) in [5.74, 6) is 2.69. The van der Waals surface area contributed by atoms with E-state index in [0.717, 1.165) is 94.9 Å². The molecule has 2 aromatic heterocycles. The van der Waals surface area contributed by atoms with Crippen molar-refractivity contribution >= 4 is 33.7 Å². The molecular weight excluding hydrogens is 807 g/mol. The number of rotatable bonds is 9. The second kappa shape index (κ2) is 19.6. The first-order valence-electron chi connectivity index (χ1n) is 22.1. The van der Waals surface area contributed by atoms with Crippen molar-refractivity contribution in [1.29, 1.82) is 0 Å². The molecule has 0 amide bonds. The number of nitrogens with two attached hydrogens (primary N) is 1. The molecule has 0 saturated carbocycles. The summed E-state index contributed by atoms with van der Waals surface area (Å²) in [5, 5.41) is 5.14. The molecule has 4 aromatic carbocycles. The molecule has 0 fully saturated rings. The zero-order chi connectivity index (χ0) is 46.5. The first-order chi connectivity index (χ1) is 31.5. The van der Waals surface area contributed by atoms with E-state index in [0.29, 0.717) is 35.1 Å². The normalized spacial score (nSPS) is 18.0. The third kappa shape index (κ3) is 8.92. The van der Waals surface area contributed by atoms with E-state index in [-0.39, 0.29) is 0 Å². The number of aliphatic imine (C=N–C) groups is 1. The minimum absolute atomic E-state index is 0.562. The number of methoxy groups -OCH3 is 4. The maximum atomic E-state index is 7.25. The lowest BCUT2D eigenvalue weighted by atomic mass is 9.93. The molecule has 9 nitrogen and oxygen atoms in total. The number of nitrogens with one attached hydrogen (secondary N) is 3. The predicted molar refractivity (Wildman–Crippen MR) is 269 cm³/mol. The van der Waals surface area contributed by atoms with Gasteiger partial charge in [0.15, 0.2) is 23.0 Å². The summed E-state index contributed by atoms with van der Waals surface area (Å²) in [6.45, 7) is 14.5. The topological polar surface area (TPSA) is 119 Å². The lowest BCUT2D eigenvalue weighted by molar-refractivity contribution is 0.353. The van der Waals surface area contributed by atoms with E-state index in [1.165, 1.54) is 16.7 Å². The molecule has 4 heterocycles. The smallest absolute Gasteiger partial charge is 0.163 e. The average Bonchev–Trinajstić information content (AvgIpc) is 4.11. The number of aryl methyl sites for hydroxylation is 4. The van der Waals surface area contributed by atoms with Crippen molar-refractivity contribution < 1.29 is 18.9 Å². The van der Waals surface area contributed by atoms with Gasteiger partial charge in [-0.25, -0.2) is 4.99 Å². The van der Waals surface area contributed by atoms with Crippen LogP contribution in [0.3, 0.4) is 0 Å². The molecule has 0 radical (unpaired) electrons. The van der Waals surface area contributed by atoms with Crippen LogP contribution in [-0.4, -0.2) is 51.2 Å². The Balaban J connectivity index is 0.00000311. The number of ether oxygens (including phenoxy) is 4. The van der Waals surface area contributed by atoms with Crippen molar-refractivity contribution in [3.05, 3.63) is 193 Å². The maximum Gasteiger partial charge on any atom is 0.163 e. The number of allylic oxidation sites excluding steroid dienone is 4. The zero-order valence-electron chi connectivity index (χ0n) is 39.8. The van der Waals surface area contributed by atoms with Gasteiger partial charge in [0.1, 0.15) is 0 Å². The fourth-order valence-corrected chi connectivity index (χ4v) is 8.79. The number of anilines is 1. The molecule has 0 unspecified atom stereocenters. The maximum absolute atomic E-state index is 7.25. The van der Waals surface area contributed by atoms with Crippen LogP contribution in [0.1, 0.15) is 81.7 Å². The van der Waals surface area contributed by atoms with E-state index in [1.807, 2.05) is 53.0 Å². The van der Waals surface area contributed by atoms with Crippen molar-refractivity contribution in [2.75, 3.05) is 40.8 Å². The van der Waals surface area contributed by atoms with Gasteiger partial charge >= 0.3 is 0 Å². The van der Waals surface area contributed by atoms with Gasteiger partial charge in [0.05, 0.1) is 39.8 Å². The van der Waals surface area contributed by atoms with Gasteiger partial charge in [-0.2, -0.15) is 0 Å². The number of aromatic amines is 2. The average molecular weight is 868 g/mol. The quantitative estimate of drug-likeness (QED) is 0.115. The van der Waals surface area contributed by atoms with Crippen molar-refractivity contribution in [1.82, 2.24) is 9.97 Å². The number of H-pyrrole nitrogens is 2. The minimum atomic E-state index is 0.562. The van der Waals surface area contributed by atoms with Crippen LogP contribution in [0, 0.1) is 34.6 Å². The molecule has 2 aliphatic heterocycles. The largest absolute Gasteiger partial charge is 0.493 e. The van der Waals surface area contributed by atoms with Crippen molar-refractivity contribution in [3.8, 4) is 23.0 Å². The third-order valence-electron chi connectivity index (χ3n) is 12.2. The highest BCUT2D eigenvalue weighted by molar-refractivity contribution is 6.30. The third-order valence-corrected chi connectivity index (χ3v) is 12.2. The van der Waals surface area contributed by atoms with Gasteiger partial charge in [-0.05, 0) is 176 Å². The number of nitrogens with zero attached hydrogens (tertiary/aromatic N) is 1. The Labute approximate surface area is 383 Å². The molecule has 65 heavy (non-hydrogen) atoms. The molecule has 0 atom stereocenters. The van der Waals surface area contributed by atoms with Gasteiger partial charge in [0.2, 0.25) is 0 Å². The summed E-state index contributed by atoms with van der Waals surface area (Å²) in [6.07, 6.45) is 8.93. The SMILES string of the molecule is CC.CNc1ccc(/C2=c3\cc/c([nH]3)=C(\c3cc(C)c(OC)c(OC)c3)C/C=C\C(N)=C(/c3cc(C)c(C)c(C)c3)c3ccc([nH]3)/C(c3cc(C)c(OC)c(OC)c3)=C3/C=CC2=N3)cc1. The molecule has 2 aliphatic rings. The summed E-state index contributed by atoms with van der Waals surface area (Å²) in [7, 11) is 8.59. The molecule has 5 N–H and O–H groups in total. The van der Waals surface area contributed by atoms with Crippen molar-refractivity contribution in [2.45, 2.75) is 54.9 Å². The zero-order valence-corrected chi connectivity index (χ0v) is 39.8. The van der Waals surface area contributed by atoms with Gasteiger partial charge in [0.25, 0.3) is 0 Å². The van der Waals surface area contributed by atoms with E-state index < -0.39 is 0 Å². The molecule has 8 rings (SSSR count). The van der Waals surface area contributed by atoms with Gasteiger partial charge in [-0.15, -0.1) is 0 Å². The summed E-state index contributed by atoms with van der Waals surface area (Å²) < 4.78 is 23.3. The molecule has 0 saturated heterocycles. The number of fused-ring (bicyclic) bond motifs is 5. The minimum Gasteiger partial charge on any atom is -0.493 e. The molecule has 6 bridgehead atoms. The van der Waals surface area contributed by atoms with Crippen LogP contribution in [0.5, 0.6) is 23.0 Å². The highest BCUT2D eigenvalue weighted by Gasteiger charge is 2.23. The highest BCUT2D eigenvalue weighted by Crippen LogP contribution is 2.40. The van der Waals surface area contributed by atoms with E-state index >= 15 is 0 Å². The first-order valence-corrected chi connectivity index (χ1v) is 22.1. The van der Waals surface area contributed by atoms with Crippen molar-refractivity contribution in [3.63, 3.8) is 0 Å². The Morgan fingerprint density at radius 1 is 0.554 bits per heavy atom. The lowest BCUT2D eigenvalue weighted by Crippen LogP contribution is -2.19. The Kier molecular flexibility index (Phi) is 13.7. The number of benzene rings is 4. The second-order valence-corrected chi connectivity index (χ2v) is 16.1. The van der Waals surface area contributed by atoms with E-state index in [4.69, 9.17) is 29.7 Å². The summed E-state index contributed by atoms with van der Waals surface area (Å²) in [5.41, 5.74) is 25.6. The first kappa shape index (κ1) is 45.6. The Hall–Kier alpha value is -7.39. The molecule has 0 aliphatic carbocycles. The van der Waals surface area contributed by atoms with Crippen LogP contribution < -0.4 is 40.7 Å². The van der Waals surface area contributed by atoms with Crippen LogP contribution in [0.25, 0.3) is 22.3 Å². The van der Waals surface area contributed by atoms with Crippen LogP contribution in [0.2, 0.25) is 0 Å². The molecule has 334 valence electrons. The van der Waals surface area contributed by atoms with Crippen molar-refractivity contribution in [2.24, 2.45) is 10.7 Å². The van der Waals surface area contributed by atoms with Crippen LogP contribution >= 0.6 is 0 Å².